The Morgan fingerprint density at radius 3 is 2.09 bits per heavy atom. The molecule has 1 aromatic rings. The first kappa shape index (κ1) is 20.0. The molecule has 0 bridgehead atoms. The summed E-state index contributed by atoms with van der Waals surface area (Å²) < 4.78 is 54.3. The van der Waals surface area contributed by atoms with Crippen molar-refractivity contribution in [3.8, 4) is 0 Å². The Morgan fingerprint density at radius 2 is 1.65 bits per heavy atom. The van der Waals surface area contributed by atoms with E-state index in [0.29, 0.717) is 0 Å². The molecule has 1 aromatic carbocycles. The molecule has 23 heavy (non-hydrogen) atoms. The molecule has 0 aliphatic heterocycles. The lowest BCUT2D eigenvalue weighted by Crippen LogP contribution is -2.31. The van der Waals surface area contributed by atoms with Gasteiger partial charge >= 0.3 is 6.18 Å². The van der Waals surface area contributed by atoms with Gasteiger partial charge < -0.3 is 4.55 Å². The summed E-state index contributed by atoms with van der Waals surface area (Å²) in [4.78, 5) is 0. The van der Waals surface area contributed by atoms with E-state index in [2.05, 4.69) is 11.3 Å². The van der Waals surface area contributed by atoms with Crippen LogP contribution in [0, 0.1) is 0 Å². The normalized spacial score (nSPS) is 14.9. The van der Waals surface area contributed by atoms with Gasteiger partial charge in [0.15, 0.2) is 0 Å². The Kier molecular flexibility index (Phi) is 7.14. The molecule has 0 heterocycles. The van der Waals surface area contributed by atoms with Crippen LogP contribution >= 0.6 is 0 Å². The lowest BCUT2D eigenvalue weighted by molar-refractivity contribution is -0.0578. The van der Waals surface area contributed by atoms with Crippen LogP contribution in [0.2, 0.25) is 0 Å². The van der Waals surface area contributed by atoms with Gasteiger partial charge in [0, 0.05) is 5.56 Å². The highest BCUT2D eigenvalue weighted by molar-refractivity contribution is 7.91. The zero-order valence-electron chi connectivity index (χ0n) is 14.0. The summed E-state index contributed by atoms with van der Waals surface area (Å²) in [6.07, 6.45) is -0.571. The highest BCUT2D eigenvalue weighted by atomic mass is 32.2. The summed E-state index contributed by atoms with van der Waals surface area (Å²) in [6.45, 7) is 6.89. The molecule has 0 N–H and O–H groups in total. The van der Waals surface area contributed by atoms with Crippen LogP contribution in [-0.2, 0) is 17.8 Å². The monoisotopic (exact) mass is 347 g/mol. The summed E-state index contributed by atoms with van der Waals surface area (Å²) in [5, 5.41) is 0. The molecule has 0 radical (unpaired) electrons. The Bertz CT molecular complexity index is 518. The number of rotatable bonds is 6. The van der Waals surface area contributed by atoms with E-state index in [4.69, 9.17) is 0 Å². The first-order valence-electron chi connectivity index (χ1n) is 7.73. The molecule has 0 spiro atoms. The standard InChI is InChI=1S/C17H24F3NOS/c1-5-6-7-8-13-9-11-14(12-10-13)15(17(18,19)20)21-23(22)16(2,3)4/h9-12H,5-8H2,1-4H3. The number of hydrogen-bond acceptors (Lipinski definition) is 2. The molecule has 130 valence electrons. The van der Waals surface area contributed by atoms with Gasteiger partial charge in [0.2, 0.25) is 5.71 Å². The van der Waals surface area contributed by atoms with Crippen molar-refractivity contribution >= 4 is 17.1 Å². The minimum absolute atomic E-state index is 0.0469. The number of halogens is 3. The first-order valence-corrected chi connectivity index (χ1v) is 8.83. The average Bonchev–Trinajstić information content (AvgIpc) is 2.43. The molecule has 0 aliphatic rings. The number of hydrogen-bond donors (Lipinski definition) is 0. The van der Waals surface area contributed by atoms with Crippen LogP contribution in [0.1, 0.15) is 58.1 Å². The molecule has 2 nitrogen and oxygen atoms in total. The van der Waals surface area contributed by atoms with Crippen molar-refractivity contribution in [3.05, 3.63) is 35.4 Å². The largest absolute Gasteiger partial charge is 0.591 e. The molecule has 1 atom stereocenters. The zero-order chi connectivity index (χ0) is 17.7. The van der Waals surface area contributed by atoms with Crippen molar-refractivity contribution in [2.75, 3.05) is 0 Å². The van der Waals surface area contributed by atoms with Gasteiger partial charge in [-0.1, -0.05) is 48.4 Å². The van der Waals surface area contributed by atoms with Crippen molar-refractivity contribution < 1.29 is 17.7 Å². The van der Waals surface area contributed by atoms with Gasteiger partial charge in [-0.25, -0.2) is 0 Å². The number of alkyl halides is 3. The van der Waals surface area contributed by atoms with Crippen LogP contribution in [-0.4, -0.2) is 21.2 Å². The van der Waals surface area contributed by atoms with E-state index in [1.165, 1.54) is 12.1 Å². The maximum Gasteiger partial charge on any atom is 0.438 e. The molecular formula is C17H24F3NOS. The first-order chi connectivity index (χ1) is 10.6. The highest BCUT2D eigenvalue weighted by Crippen LogP contribution is 2.27. The summed E-state index contributed by atoms with van der Waals surface area (Å²) in [5.41, 5.74) is -0.124. The molecular weight excluding hydrogens is 323 g/mol. The van der Waals surface area contributed by atoms with Gasteiger partial charge in [-0.15, -0.1) is 0 Å². The fourth-order valence-corrected chi connectivity index (χ4v) is 2.54. The quantitative estimate of drug-likeness (QED) is 0.394. The Morgan fingerprint density at radius 1 is 1.09 bits per heavy atom. The molecule has 0 aliphatic carbocycles. The molecule has 0 saturated carbocycles. The van der Waals surface area contributed by atoms with Crippen molar-refractivity contribution in [2.45, 2.75) is 64.3 Å². The minimum atomic E-state index is -4.63. The lowest BCUT2D eigenvalue weighted by Gasteiger charge is -2.20. The lowest BCUT2D eigenvalue weighted by atomic mass is 10.0. The maximum atomic E-state index is 13.2. The molecule has 1 unspecified atom stereocenters. The number of benzene rings is 1. The van der Waals surface area contributed by atoms with Crippen molar-refractivity contribution in [1.82, 2.24) is 0 Å². The third-order valence-electron chi connectivity index (χ3n) is 3.26. The van der Waals surface area contributed by atoms with Crippen LogP contribution < -0.4 is 0 Å². The number of nitrogens with zero attached hydrogens (tertiary/aromatic N) is 1. The third-order valence-corrected chi connectivity index (χ3v) is 4.66. The van der Waals surface area contributed by atoms with Gasteiger partial charge in [0.25, 0.3) is 0 Å². The second-order valence-corrected chi connectivity index (χ2v) is 8.36. The van der Waals surface area contributed by atoms with Crippen LogP contribution in [0.25, 0.3) is 0 Å². The van der Waals surface area contributed by atoms with Gasteiger partial charge in [0.05, 0.1) is 0 Å². The fraction of sp³-hybridized carbons (Fsp3) is 0.588. The van der Waals surface area contributed by atoms with E-state index in [0.717, 1.165) is 31.2 Å². The Labute approximate surface area is 139 Å². The third kappa shape index (κ3) is 6.55. The van der Waals surface area contributed by atoms with E-state index >= 15 is 0 Å². The van der Waals surface area contributed by atoms with E-state index in [1.54, 1.807) is 32.9 Å². The number of unbranched alkanes of at least 4 members (excludes halogenated alkanes) is 2. The molecule has 1 rings (SSSR count). The van der Waals surface area contributed by atoms with E-state index in [9.17, 15) is 17.7 Å². The van der Waals surface area contributed by atoms with E-state index in [-0.39, 0.29) is 5.56 Å². The molecule has 0 fully saturated rings. The van der Waals surface area contributed by atoms with Crippen molar-refractivity contribution in [3.63, 3.8) is 0 Å². The zero-order valence-corrected chi connectivity index (χ0v) is 14.9. The Hall–Kier alpha value is -1.01. The summed E-state index contributed by atoms with van der Waals surface area (Å²) in [7, 11) is 0. The van der Waals surface area contributed by atoms with Crippen LogP contribution in [0.15, 0.2) is 28.7 Å². The predicted molar refractivity (Wildman–Crippen MR) is 90.2 cm³/mol. The van der Waals surface area contributed by atoms with Crippen LogP contribution in [0.3, 0.4) is 0 Å². The summed E-state index contributed by atoms with van der Waals surface area (Å²) in [6, 6.07) is 6.19. The van der Waals surface area contributed by atoms with E-state index < -0.39 is 28.0 Å². The molecule has 0 amide bonds. The van der Waals surface area contributed by atoms with Crippen molar-refractivity contribution in [1.29, 1.82) is 0 Å². The van der Waals surface area contributed by atoms with Gasteiger partial charge in [-0.3, -0.25) is 0 Å². The highest BCUT2D eigenvalue weighted by Gasteiger charge is 2.41. The summed E-state index contributed by atoms with van der Waals surface area (Å²) >= 11 is -1.96. The number of aryl methyl sites for hydroxylation is 1. The van der Waals surface area contributed by atoms with Crippen LogP contribution in [0.5, 0.6) is 0 Å². The average molecular weight is 347 g/mol. The van der Waals surface area contributed by atoms with Gasteiger partial charge in [0.1, 0.15) is 16.1 Å². The summed E-state index contributed by atoms with van der Waals surface area (Å²) in [5.74, 6) is 0. The smallest absolute Gasteiger partial charge is 0.438 e. The maximum absolute atomic E-state index is 13.2. The second kappa shape index (κ2) is 8.20. The molecule has 0 aromatic heterocycles. The molecule has 0 saturated heterocycles. The minimum Gasteiger partial charge on any atom is -0.591 e. The fourth-order valence-electron chi connectivity index (χ4n) is 1.90. The topological polar surface area (TPSA) is 35.4 Å². The molecule has 6 heteroatoms. The van der Waals surface area contributed by atoms with E-state index in [1.807, 2.05) is 0 Å². The van der Waals surface area contributed by atoms with Crippen LogP contribution in [0.4, 0.5) is 13.2 Å². The Balaban J connectivity index is 3.03. The second-order valence-electron chi connectivity index (χ2n) is 6.45. The van der Waals surface area contributed by atoms with Gasteiger partial charge in [-0.2, -0.15) is 13.2 Å². The van der Waals surface area contributed by atoms with Crippen molar-refractivity contribution in [2.24, 2.45) is 4.40 Å². The SMILES string of the molecule is CCCCCc1ccc(C(=N[S+]([O-])C(C)(C)C)C(F)(F)F)cc1. The van der Waals surface area contributed by atoms with Gasteiger partial charge in [-0.05, 0) is 39.2 Å². The predicted octanol–water partition coefficient (Wildman–Crippen LogP) is 5.23.